The van der Waals surface area contributed by atoms with Crippen molar-refractivity contribution in [2.75, 3.05) is 25.5 Å². The Morgan fingerprint density at radius 3 is 2.04 bits per heavy atom. The van der Waals surface area contributed by atoms with Gasteiger partial charge in [0.1, 0.15) is 0 Å². The van der Waals surface area contributed by atoms with Crippen molar-refractivity contribution in [2.45, 2.75) is 18.8 Å². The largest absolute Gasteiger partial charge is 0.416 e. The van der Waals surface area contributed by atoms with E-state index in [-0.39, 0.29) is 25.6 Å². The van der Waals surface area contributed by atoms with Crippen molar-refractivity contribution in [1.29, 1.82) is 5.26 Å². The second-order valence-corrected chi connectivity index (χ2v) is 4.99. The molecule has 0 atom stereocenters. The quantitative estimate of drug-likeness (QED) is 0.825. The molecule has 0 aliphatic rings. The number of rotatable bonds is 5. The highest BCUT2D eigenvalue weighted by Crippen LogP contribution is 2.37. The fraction of sp³-hybridized carbons (Fsp3) is 0.429. The van der Waals surface area contributed by atoms with Gasteiger partial charge in [-0.15, -0.1) is 0 Å². The Morgan fingerprint density at radius 1 is 1.12 bits per heavy atom. The van der Waals surface area contributed by atoms with E-state index in [1.165, 1.54) is 11.9 Å². The van der Waals surface area contributed by atoms with Crippen LogP contribution in [0.25, 0.3) is 0 Å². The van der Waals surface area contributed by atoms with Crippen LogP contribution in [0.3, 0.4) is 0 Å². The number of anilines is 1. The lowest BCUT2D eigenvalue weighted by Gasteiger charge is -2.17. The number of nitrogens with zero attached hydrogens (tertiary/aromatic N) is 2. The minimum Gasteiger partial charge on any atom is -0.325 e. The Morgan fingerprint density at radius 2 is 1.62 bits per heavy atom. The third-order valence-electron chi connectivity index (χ3n) is 2.89. The van der Waals surface area contributed by atoms with Gasteiger partial charge in [-0.2, -0.15) is 31.6 Å². The maximum absolute atomic E-state index is 12.7. The first-order valence-electron chi connectivity index (χ1n) is 6.58. The lowest BCUT2D eigenvalue weighted by Crippen LogP contribution is -2.31. The van der Waals surface area contributed by atoms with E-state index < -0.39 is 35.1 Å². The highest BCUT2D eigenvalue weighted by molar-refractivity contribution is 5.92. The van der Waals surface area contributed by atoms with Crippen LogP contribution in [-0.2, 0) is 17.1 Å². The van der Waals surface area contributed by atoms with Crippen LogP contribution >= 0.6 is 0 Å². The van der Waals surface area contributed by atoms with Gasteiger partial charge in [-0.25, -0.2) is 0 Å². The number of amides is 1. The van der Waals surface area contributed by atoms with Gasteiger partial charge >= 0.3 is 12.4 Å². The lowest BCUT2D eigenvalue weighted by atomic mass is 10.1. The summed E-state index contributed by atoms with van der Waals surface area (Å²) in [6.07, 6.45) is -9.83. The van der Waals surface area contributed by atoms with Crippen molar-refractivity contribution in [3.8, 4) is 6.07 Å². The van der Waals surface area contributed by atoms with Crippen molar-refractivity contribution >= 4 is 11.6 Å². The molecule has 0 saturated heterocycles. The summed E-state index contributed by atoms with van der Waals surface area (Å²) in [5.74, 6) is -0.789. The van der Waals surface area contributed by atoms with Gasteiger partial charge in [-0.3, -0.25) is 9.69 Å². The van der Waals surface area contributed by atoms with Gasteiger partial charge in [0.2, 0.25) is 5.91 Å². The zero-order valence-electron chi connectivity index (χ0n) is 12.4. The molecule has 0 fully saturated rings. The molecule has 0 unspecified atom stereocenters. The molecule has 1 aromatic carbocycles. The molecule has 132 valence electrons. The van der Waals surface area contributed by atoms with E-state index in [1.54, 1.807) is 0 Å². The Bertz CT molecular complexity index is 601. The van der Waals surface area contributed by atoms with E-state index in [1.807, 2.05) is 11.4 Å². The number of nitrogens with one attached hydrogen (secondary N) is 1. The normalized spacial score (nSPS) is 12.1. The first kappa shape index (κ1) is 19.8. The number of halogens is 6. The number of benzene rings is 1. The molecule has 0 aliphatic carbocycles. The SMILES string of the molecule is CN(CCC#N)CC(=O)Nc1cc(C(F)(F)F)cc(C(F)(F)F)c1. The standard InChI is InChI=1S/C14H13F6N3O/c1-23(4-2-3-21)8-12(24)22-11-6-9(13(15,16)17)5-10(7-11)14(18,19)20/h5-7H,2,4,8H2,1H3,(H,22,24). The number of likely N-dealkylation sites (N-methyl/N-ethyl adjacent to an activating group) is 1. The number of hydrogen-bond donors (Lipinski definition) is 1. The molecule has 0 heterocycles. The molecule has 0 radical (unpaired) electrons. The molecule has 1 amide bonds. The average Bonchev–Trinajstić information content (AvgIpc) is 2.42. The summed E-state index contributed by atoms with van der Waals surface area (Å²) in [7, 11) is 1.49. The predicted molar refractivity (Wildman–Crippen MR) is 72.8 cm³/mol. The first-order valence-corrected chi connectivity index (χ1v) is 6.58. The second-order valence-electron chi connectivity index (χ2n) is 4.99. The van der Waals surface area contributed by atoms with Crippen LogP contribution in [-0.4, -0.2) is 30.9 Å². The summed E-state index contributed by atoms with van der Waals surface area (Å²) in [6, 6.07) is 2.69. The molecule has 0 aliphatic heterocycles. The van der Waals surface area contributed by atoms with E-state index in [9.17, 15) is 31.1 Å². The highest BCUT2D eigenvalue weighted by atomic mass is 19.4. The maximum atomic E-state index is 12.7. The number of hydrogen-bond acceptors (Lipinski definition) is 3. The van der Waals surface area contributed by atoms with Gasteiger partial charge in [0, 0.05) is 18.7 Å². The smallest absolute Gasteiger partial charge is 0.325 e. The molecule has 0 aromatic heterocycles. The zero-order valence-corrected chi connectivity index (χ0v) is 12.4. The fourth-order valence-electron chi connectivity index (χ4n) is 1.79. The van der Waals surface area contributed by atoms with E-state index in [2.05, 4.69) is 0 Å². The number of carbonyl (C=O) groups excluding carboxylic acids is 1. The third kappa shape index (κ3) is 6.08. The summed E-state index contributed by atoms with van der Waals surface area (Å²) in [5.41, 5.74) is -3.62. The molecule has 24 heavy (non-hydrogen) atoms. The Labute approximate surface area is 133 Å². The summed E-state index contributed by atoms with van der Waals surface area (Å²) < 4.78 is 76.2. The maximum Gasteiger partial charge on any atom is 0.416 e. The Hall–Kier alpha value is -2.28. The second kappa shape index (κ2) is 7.53. The van der Waals surface area contributed by atoms with Gasteiger partial charge < -0.3 is 5.32 Å². The predicted octanol–water partition coefficient (Wildman–Crippen LogP) is 3.51. The monoisotopic (exact) mass is 353 g/mol. The molecular weight excluding hydrogens is 340 g/mol. The minimum absolute atomic E-state index is 0.0191. The van der Waals surface area contributed by atoms with Gasteiger partial charge in [0.05, 0.1) is 23.7 Å². The van der Waals surface area contributed by atoms with Crippen LogP contribution in [0.5, 0.6) is 0 Å². The van der Waals surface area contributed by atoms with Crippen LogP contribution in [0.1, 0.15) is 17.5 Å². The molecule has 1 aromatic rings. The fourth-order valence-corrected chi connectivity index (χ4v) is 1.79. The lowest BCUT2D eigenvalue weighted by molar-refractivity contribution is -0.143. The zero-order chi connectivity index (χ0) is 18.5. The molecule has 0 bridgehead atoms. The minimum atomic E-state index is -4.98. The first-order chi connectivity index (χ1) is 10.9. The highest BCUT2D eigenvalue weighted by Gasteiger charge is 2.37. The van der Waals surface area contributed by atoms with Crippen molar-refractivity contribution in [2.24, 2.45) is 0 Å². The third-order valence-corrected chi connectivity index (χ3v) is 2.89. The van der Waals surface area contributed by atoms with Crippen molar-refractivity contribution in [3.05, 3.63) is 29.3 Å². The Kier molecular flexibility index (Phi) is 6.20. The van der Waals surface area contributed by atoms with Gasteiger partial charge in [0.25, 0.3) is 0 Å². The van der Waals surface area contributed by atoms with Crippen molar-refractivity contribution < 1.29 is 31.1 Å². The van der Waals surface area contributed by atoms with Crippen molar-refractivity contribution in [1.82, 2.24) is 4.90 Å². The topological polar surface area (TPSA) is 56.1 Å². The summed E-state index contributed by atoms with van der Waals surface area (Å²) >= 11 is 0. The van der Waals surface area contributed by atoms with Crippen LogP contribution < -0.4 is 5.32 Å². The molecule has 0 spiro atoms. The van der Waals surface area contributed by atoms with Gasteiger partial charge in [-0.05, 0) is 25.2 Å². The molecular formula is C14H13F6N3O. The van der Waals surface area contributed by atoms with Gasteiger partial charge in [0.15, 0.2) is 0 Å². The number of nitriles is 1. The van der Waals surface area contributed by atoms with Crippen LogP contribution in [0, 0.1) is 11.3 Å². The molecule has 0 saturated carbocycles. The summed E-state index contributed by atoms with van der Waals surface area (Å²) in [5, 5.41) is 10.4. The van der Waals surface area contributed by atoms with E-state index in [0.29, 0.717) is 12.1 Å². The van der Waals surface area contributed by atoms with E-state index in [4.69, 9.17) is 5.26 Å². The molecule has 1 N–H and O–H groups in total. The van der Waals surface area contributed by atoms with Crippen LogP contribution in [0.4, 0.5) is 32.0 Å². The van der Waals surface area contributed by atoms with E-state index >= 15 is 0 Å². The molecule has 4 nitrogen and oxygen atoms in total. The Balaban J connectivity index is 2.98. The average molecular weight is 353 g/mol. The van der Waals surface area contributed by atoms with E-state index in [0.717, 1.165) is 0 Å². The van der Waals surface area contributed by atoms with Crippen LogP contribution in [0.15, 0.2) is 18.2 Å². The number of carbonyl (C=O) groups is 1. The van der Waals surface area contributed by atoms with Crippen molar-refractivity contribution in [3.63, 3.8) is 0 Å². The summed E-state index contributed by atoms with van der Waals surface area (Å²) in [6.45, 7) is -0.0421. The van der Waals surface area contributed by atoms with Crippen LogP contribution in [0.2, 0.25) is 0 Å². The molecule has 1 rings (SSSR count). The van der Waals surface area contributed by atoms with Gasteiger partial charge in [-0.1, -0.05) is 0 Å². The summed E-state index contributed by atoms with van der Waals surface area (Å²) in [4.78, 5) is 13.1. The number of alkyl halides is 6. The molecule has 10 heteroatoms.